The Labute approximate surface area is 197 Å². The number of hydrogen-bond acceptors (Lipinski definition) is 1. The van der Waals surface area contributed by atoms with Crippen molar-refractivity contribution >= 4 is 0 Å². The van der Waals surface area contributed by atoms with Crippen LogP contribution in [0.4, 0.5) is 0 Å². The maximum absolute atomic E-state index is 5.02. The molecule has 32 heavy (non-hydrogen) atoms. The molecule has 2 aromatic rings. The van der Waals surface area contributed by atoms with Crippen molar-refractivity contribution in [1.29, 1.82) is 0 Å². The second-order valence-electron chi connectivity index (χ2n) is 14.1. The Morgan fingerprint density at radius 1 is 0.562 bits per heavy atom. The van der Waals surface area contributed by atoms with Crippen LogP contribution in [0.1, 0.15) is 118 Å². The topological polar surface area (TPSA) is 12.9 Å². The molecule has 0 amide bonds. The zero-order chi connectivity index (χ0) is 24.1. The number of hydrogen-bond donors (Lipinski definition) is 0. The summed E-state index contributed by atoms with van der Waals surface area (Å²) in [5.74, 6) is 0. The molecule has 0 atom stereocenters. The molecule has 0 radical (unpaired) electrons. The highest BCUT2D eigenvalue weighted by Gasteiger charge is 2.60. The summed E-state index contributed by atoms with van der Waals surface area (Å²) < 4.78 is 0. The molecule has 1 nitrogen and oxygen atoms in total. The van der Waals surface area contributed by atoms with Crippen LogP contribution in [0.2, 0.25) is 0 Å². The highest BCUT2D eigenvalue weighted by Crippen LogP contribution is 2.65. The third kappa shape index (κ3) is 2.85. The molecule has 2 aliphatic carbocycles. The lowest BCUT2D eigenvalue weighted by Crippen LogP contribution is -2.59. The number of rotatable bonds is 1. The van der Waals surface area contributed by atoms with Crippen molar-refractivity contribution in [3.05, 3.63) is 52.7 Å². The summed E-state index contributed by atoms with van der Waals surface area (Å²) in [6.45, 7) is 29.1. The lowest BCUT2D eigenvalue weighted by molar-refractivity contribution is -0.0441. The van der Waals surface area contributed by atoms with E-state index in [0.29, 0.717) is 0 Å². The molecule has 0 saturated heterocycles. The van der Waals surface area contributed by atoms with Gasteiger partial charge in [0.1, 0.15) is 0 Å². The van der Waals surface area contributed by atoms with Gasteiger partial charge in [0, 0.05) is 11.8 Å². The van der Waals surface area contributed by atoms with Crippen molar-refractivity contribution in [2.75, 3.05) is 0 Å². The molecule has 0 fully saturated rings. The predicted octanol–water partition coefficient (Wildman–Crippen LogP) is 8.72. The second kappa shape index (κ2) is 6.49. The van der Waals surface area contributed by atoms with Crippen molar-refractivity contribution in [3.63, 3.8) is 0 Å². The van der Waals surface area contributed by atoms with E-state index in [-0.39, 0.29) is 32.5 Å². The molecule has 2 aliphatic rings. The monoisotopic (exact) mass is 431 g/mol. The lowest BCUT2D eigenvalue weighted by Gasteiger charge is -2.64. The van der Waals surface area contributed by atoms with Gasteiger partial charge in [-0.2, -0.15) is 0 Å². The van der Waals surface area contributed by atoms with Gasteiger partial charge < -0.3 is 0 Å². The summed E-state index contributed by atoms with van der Waals surface area (Å²) in [4.78, 5) is 5.02. The summed E-state index contributed by atoms with van der Waals surface area (Å²) in [5.41, 5.74) is 9.14. The maximum Gasteiger partial charge on any atom is 0.0705 e. The molecule has 0 saturated carbocycles. The number of nitrogens with zero attached hydrogens (tertiary/aromatic N) is 1. The summed E-state index contributed by atoms with van der Waals surface area (Å²) >= 11 is 0. The van der Waals surface area contributed by atoms with Gasteiger partial charge in [0.15, 0.2) is 0 Å². The fourth-order valence-corrected chi connectivity index (χ4v) is 6.61. The van der Waals surface area contributed by atoms with Crippen LogP contribution in [-0.4, -0.2) is 4.98 Å². The minimum absolute atomic E-state index is 0.0623. The van der Waals surface area contributed by atoms with Crippen molar-refractivity contribution in [3.8, 4) is 11.3 Å². The zero-order valence-electron chi connectivity index (χ0n) is 22.7. The van der Waals surface area contributed by atoms with Crippen LogP contribution in [0.3, 0.4) is 0 Å². The molecule has 0 unspecified atom stereocenters. The summed E-state index contributed by atoms with van der Waals surface area (Å²) in [6, 6.07) is 9.58. The van der Waals surface area contributed by atoms with Gasteiger partial charge >= 0.3 is 0 Å². The average molecular weight is 432 g/mol. The van der Waals surface area contributed by atoms with Crippen LogP contribution in [0, 0.1) is 10.8 Å². The minimum atomic E-state index is 0.0623. The molecule has 1 heteroatoms. The number of pyridine rings is 1. The lowest BCUT2D eigenvalue weighted by atomic mass is 9.40. The second-order valence-corrected chi connectivity index (χ2v) is 14.1. The van der Waals surface area contributed by atoms with Crippen LogP contribution in [0.25, 0.3) is 11.3 Å². The molecule has 0 spiro atoms. The van der Waals surface area contributed by atoms with E-state index in [0.717, 1.165) is 5.69 Å². The molecule has 174 valence electrons. The molecular formula is C31H45N. The van der Waals surface area contributed by atoms with Gasteiger partial charge in [-0.15, -0.1) is 0 Å². The first-order valence-corrected chi connectivity index (χ1v) is 12.5. The molecular weight excluding hydrogens is 386 g/mol. The van der Waals surface area contributed by atoms with Crippen molar-refractivity contribution in [2.45, 2.75) is 118 Å². The Balaban J connectivity index is 1.92. The van der Waals surface area contributed by atoms with Crippen molar-refractivity contribution in [1.82, 2.24) is 4.98 Å². The zero-order valence-corrected chi connectivity index (χ0v) is 22.7. The van der Waals surface area contributed by atoms with Crippen molar-refractivity contribution < 1.29 is 0 Å². The highest BCUT2D eigenvalue weighted by atomic mass is 14.7. The van der Waals surface area contributed by atoms with E-state index < -0.39 is 0 Å². The van der Waals surface area contributed by atoms with Gasteiger partial charge in [-0.05, 0) is 79.7 Å². The molecule has 1 aromatic carbocycles. The predicted molar refractivity (Wildman–Crippen MR) is 139 cm³/mol. The summed E-state index contributed by atoms with van der Waals surface area (Å²) in [6.07, 6.45) is 4.62. The molecule has 0 bridgehead atoms. The third-order valence-electron chi connectivity index (χ3n) is 11.1. The molecule has 4 rings (SSSR count). The Morgan fingerprint density at radius 2 is 1.06 bits per heavy atom. The Bertz CT molecular complexity index is 1080. The number of aromatic nitrogens is 1. The number of benzene rings is 1. The van der Waals surface area contributed by atoms with E-state index in [9.17, 15) is 0 Å². The van der Waals surface area contributed by atoms with E-state index >= 15 is 0 Å². The minimum Gasteiger partial charge on any atom is -0.256 e. The van der Waals surface area contributed by atoms with Crippen LogP contribution in [-0.2, 0) is 21.7 Å². The third-order valence-corrected chi connectivity index (χ3v) is 11.1. The van der Waals surface area contributed by atoms with E-state index in [1.807, 2.05) is 0 Å². The normalized spacial score (nSPS) is 25.5. The maximum atomic E-state index is 5.02. The first-order chi connectivity index (χ1) is 14.4. The molecule has 0 N–H and O–H groups in total. The van der Waals surface area contributed by atoms with Gasteiger partial charge in [-0.1, -0.05) is 95.2 Å². The van der Waals surface area contributed by atoms with Crippen molar-refractivity contribution in [2.24, 2.45) is 10.8 Å². The first-order valence-electron chi connectivity index (χ1n) is 12.5. The molecule has 0 aliphatic heterocycles. The Hall–Kier alpha value is -1.63. The van der Waals surface area contributed by atoms with Crippen LogP contribution in [0.15, 0.2) is 30.5 Å². The fraction of sp³-hybridized carbons (Fsp3) is 0.645. The average Bonchev–Trinajstić information content (AvgIpc) is 2.69. The fourth-order valence-electron chi connectivity index (χ4n) is 6.61. The number of fused-ring (bicyclic) bond motifs is 2. The van der Waals surface area contributed by atoms with Crippen LogP contribution in [0.5, 0.6) is 0 Å². The highest BCUT2D eigenvalue weighted by molar-refractivity contribution is 5.65. The van der Waals surface area contributed by atoms with Gasteiger partial charge in [0.2, 0.25) is 0 Å². The van der Waals surface area contributed by atoms with E-state index in [4.69, 9.17) is 4.98 Å². The molecule has 1 heterocycles. The van der Waals surface area contributed by atoms with E-state index in [1.54, 1.807) is 0 Å². The smallest absolute Gasteiger partial charge is 0.0705 e. The van der Waals surface area contributed by atoms with E-state index in [1.165, 1.54) is 40.7 Å². The van der Waals surface area contributed by atoms with Crippen LogP contribution < -0.4 is 0 Å². The quantitative estimate of drug-likeness (QED) is 0.440. The SMILES string of the molecule is CC1(C)CCC(C)(C)c2cc(-c3ccc4c(c3)C(C)(C)C(C)(C)C(C)(C)C4(C)C)ncc21. The first kappa shape index (κ1) is 23.5. The van der Waals surface area contributed by atoms with Gasteiger partial charge in [-0.25, -0.2) is 0 Å². The Morgan fingerprint density at radius 3 is 1.62 bits per heavy atom. The standard InChI is InChI=1S/C31H45N/c1-26(2)15-16-27(3,4)24-19-32-25(18-22(24)26)20-13-14-21-23(17-20)29(7,8)31(11,12)30(9,10)28(21,5)6/h13-14,17-19H,15-16H2,1-12H3. The summed E-state index contributed by atoms with van der Waals surface area (Å²) in [5, 5.41) is 0. The van der Waals surface area contributed by atoms with Gasteiger partial charge in [0.25, 0.3) is 0 Å². The Kier molecular flexibility index (Phi) is 4.77. The van der Waals surface area contributed by atoms with Crippen LogP contribution >= 0.6 is 0 Å². The van der Waals surface area contributed by atoms with Gasteiger partial charge in [-0.3, -0.25) is 4.98 Å². The van der Waals surface area contributed by atoms with E-state index in [2.05, 4.69) is 114 Å². The van der Waals surface area contributed by atoms with Gasteiger partial charge in [0.05, 0.1) is 5.69 Å². The largest absolute Gasteiger partial charge is 0.256 e. The molecule has 1 aromatic heterocycles. The summed E-state index contributed by atoms with van der Waals surface area (Å²) in [7, 11) is 0.